The van der Waals surface area contributed by atoms with Crippen molar-refractivity contribution in [3.63, 3.8) is 0 Å². The van der Waals surface area contributed by atoms with E-state index in [1.54, 1.807) is 11.3 Å². The smallest absolute Gasteiger partial charge is 0.131 e. The minimum absolute atomic E-state index is 0.814. The van der Waals surface area contributed by atoms with Crippen LogP contribution in [0.1, 0.15) is 55.5 Å². The molecule has 1 aromatic heterocycles. The fourth-order valence-electron chi connectivity index (χ4n) is 3.86. The maximum Gasteiger partial charge on any atom is 0.131 e. The molecule has 0 N–H and O–H groups in total. The van der Waals surface area contributed by atoms with Crippen LogP contribution in [0, 0.1) is 12.8 Å². The Kier molecular flexibility index (Phi) is 5.83. The largest absolute Gasteiger partial charge is 0.301 e. The second-order valence-corrected chi connectivity index (χ2v) is 8.37. The first-order valence-corrected chi connectivity index (χ1v) is 9.78. The average molecular weight is 323 g/mol. The molecule has 2 aliphatic rings. The number of nitrogens with zero attached hydrogens (tertiary/aromatic N) is 4. The van der Waals surface area contributed by atoms with Gasteiger partial charge in [0.15, 0.2) is 0 Å². The summed E-state index contributed by atoms with van der Waals surface area (Å²) in [5.74, 6) is 0.932. The molecule has 0 bridgehead atoms. The van der Waals surface area contributed by atoms with Gasteiger partial charge in [-0.2, -0.15) is 0 Å². The minimum Gasteiger partial charge on any atom is -0.301 e. The van der Waals surface area contributed by atoms with Crippen LogP contribution in [-0.4, -0.2) is 52.2 Å². The zero-order chi connectivity index (χ0) is 15.4. The van der Waals surface area contributed by atoms with Crippen LogP contribution in [0.15, 0.2) is 0 Å². The summed E-state index contributed by atoms with van der Waals surface area (Å²) < 4.78 is 0. The lowest BCUT2D eigenvalue weighted by Gasteiger charge is -2.36. The molecule has 2 saturated heterocycles. The molecular formula is C17H30N4S. The highest BCUT2D eigenvalue weighted by atomic mass is 32.1. The van der Waals surface area contributed by atoms with E-state index in [0.29, 0.717) is 0 Å². The van der Waals surface area contributed by atoms with Crippen molar-refractivity contribution < 1.29 is 0 Å². The highest BCUT2D eigenvalue weighted by Crippen LogP contribution is 2.24. The summed E-state index contributed by atoms with van der Waals surface area (Å²) in [6, 6.07) is 0.814. The predicted molar refractivity (Wildman–Crippen MR) is 92.2 cm³/mol. The van der Waals surface area contributed by atoms with Gasteiger partial charge in [0.05, 0.1) is 6.54 Å². The third-order valence-electron chi connectivity index (χ3n) is 5.40. The van der Waals surface area contributed by atoms with E-state index in [0.717, 1.165) is 23.5 Å². The van der Waals surface area contributed by atoms with Crippen molar-refractivity contribution in [1.29, 1.82) is 0 Å². The maximum absolute atomic E-state index is 4.25. The van der Waals surface area contributed by atoms with Crippen LogP contribution in [0.4, 0.5) is 0 Å². The van der Waals surface area contributed by atoms with Gasteiger partial charge in [-0.15, -0.1) is 21.5 Å². The molecule has 124 valence electrons. The van der Waals surface area contributed by atoms with Crippen molar-refractivity contribution in [3.8, 4) is 0 Å². The molecule has 0 amide bonds. The molecule has 1 aromatic rings. The van der Waals surface area contributed by atoms with Crippen molar-refractivity contribution in [2.24, 2.45) is 5.92 Å². The quantitative estimate of drug-likeness (QED) is 0.832. The molecule has 2 fully saturated rings. The van der Waals surface area contributed by atoms with E-state index in [9.17, 15) is 0 Å². The predicted octanol–water partition coefficient (Wildman–Crippen LogP) is 3.32. The number of piperidine rings is 2. The Balaban J connectivity index is 1.36. The summed E-state index contributed by atoms with van der Waals surface area (Å²) in [5.41, 5.74) is 0. The first-order chi connectivity index (χ1) is 10.7. The van der Waals surface area contributed by atoms with Crippen molar-refractivity contribution >= 4 is 11.3 Å². The van der Waals surface area contributed by atoms with Gasteiger partial charge in [-0.1, -0.05) is 6.42 Å². The second-order valence-electron chi connectivity index (χ2n) is 7.10. The molecule has 3 rings (SSSR count). The van der Waals surface area contributed by atoms with Gasteiger partial charge >= 0.3 is 0 Å². The van der Waals surface area contributed by atoms with E-state index in [2.05, 4.69) is 26.9 Å². The van der Waals surface area contributed by atoms with Gasteiger partial charge in [0.2, 0.25) is 0 Å². The summed E-state index contributed by atoms with van der Waals surface area (Å²) >= 11 is 1.74. The molecule has 4 nitrogen and oxygen atoms in total. The average Bonchev–Trinajstić information content (AvgIpc) is 2.93. The van der Waals surface area contributed by atoms with Gasteiger partial charge in [-0.05, 0) is 78.0 Å². The topological polar surface area (TPSA) is 32.3 Å². The summed E-state index contributed by atoms with van der Waals surface area (Å²) in [5, 5.41) is 10.6. The van der Waals surface area contributed by atoms with Gasteiger partial charge < -0.3 is 4.90 Å². The van der Waals surface area contributed by atoms with Crippen LogP contribution in [0.3, 0.4) is 0 Å². The first kappa shape index (κ1) is 16.3. The van der Waals surface area contributed by atoms with E-state index in [1.165, 1.54) is 69.7 Å². The minimum atomic E-state index is 0.814. The van der Waals surface area contributed by atoms with Gasteiger partial charge in [0.25, 0.3) is 0 Å². The molecule has 0 aliphatic carbocycles. The lowest BCUT2D eigenvalue weighted by Crippen LogP contribution is -2.40. The highest BCUT2D eigenvalue weighted by molar-refractivity contribution is 7.11. The normalized spacial score (nSPS) is 25.6. The lowest BCUT2D eigenvalue weighted by atomic mass is 9.92. The van der Waals surface area contributed by atoms with Gasteiger partial charge in [0.1, 0.15) is 10.0 Å². The van der Waals surface area contributed by atoms with Crippen molar-refractivity contribution in [2.75, 3.05) is 26.2 Å². The number of hydrogen-bond donors (Lipinski definition) is 0. The van der Waals surface area contributed by atoms with Crippen LogP contribution in [0.25, 0.3) is 0 Å². The summed E-state index contributed by atoms with van der Waals surface area (Å²) in [4.78, 5) is 5.28. The fraction of sp³-hybridized carbons (Fsp3) is 0.882. The molecule has 22 heavy (non-hydrogen) atoms. The molecule has 0 aromatic carbocycles. The summed E-state index contributed by atoms with van der Waals surface area (Å²) in [7, 11) is 0. The van der Waals surface area contributed by atoms with Crippen LogP contribution in [0.5, 0.6) is 0 Å². The molecule has 1 atom stereocenters. The van der Waals surface area contributed by atoms with Crippen LogP contribution in [0.2, 0.25) is 0 Å². The number of aryl methyl sites for hydroxylation is 1. The molecule has 2 aliphatic heterocycles. The summed E-state index contributed by atoms with van der Waals surface area (Å²) in [6.07, 6.45) is 8.36. The first-order valence-electron chi connectivity index (χ1n) is 8.96. The zero-order valence-electron chi connectivity index (χ0n) is 14.1. The third-order valence-corrected chi connectivity index (χ3v) is 6.22. The van der Waals surface area contributed by atoms with E-state index in [1.807, 2.05) is 6.92 Å². The van der Waals surface area contributed by atoms with Crippen LogP contribution < -0.4 is 0 Å². The van der Waals surface area contributed by atoms with Crippen molar-refractivity contribution in [3.05, 3.63) is 10.0 Å². The molecular weight excluding hydrogens is 292 g/mol. The molecule has 0 spiro atoms. The van der Waals surface area contributed by atoms with E-state index in [4.69, 9.17) is 0 Å². The molecule has 0 unspecified atom stereocenters. The SMILES string of the molecule is Cc1nnc(CN2CCC(CCN3CCCC[C@@H]3C)CC2)s1. The molecule has 5 heteroatoms. The maximum atomic E-state index is 4.25. The Morgan fingerprint density at radius 1 is 1.09 bits per heavy atom. The van der Waals surface area contributed by atoms with Crippen LogP contribution in [-0.2, 0) is 6.54 Å². The molecule has 0 radical (unpaired) electrons. The Hall–Kier alpha value is -0.520. The molecule has 0 saturated carbocycles. The van der Waals surface area contributed by atoms with Crippen LogP contribution >= 0.6 is 11.3 Å². The Morgan fingerprint density at radius 2 is 1.91 bits per heavy atom. The Bertz CT molecular complexity index is 453. The van der Waals surface area contributed by atoms with E-state index >= 15 is 0 Å². The molecule has 3 heterocycles. The second kappa shape index (κ2) is 7.84. The standard InChI is InChI=1S/C17H30N4S/c1-14-5-3-4-9-21(14)12-8-16-6-10-20(11-7-16)13-17-19-18-15(2)22-17/h14,16H,3-13H2,1-2H3/t14-/m0/s1. The number of likely N-dealkylation sites (tertiary alicyclic amines) is 2. The zero-order valence-corrected chi connectivity index (χ0v) is 14.9. The Morgan fingerprint density at radius 3 is 2.59 bits per heavy atom. The number of hydrogen-bond acceptors (Lipinski definition) is 5. The van der Waals surface area contributed by atoms with E-state index < -0.39 is 0 Å². The van der Waals surface area contributed by atoms with Gasteiger partial charge in [0, 0.05) is 6.04 Å². The van der Waals surface area contributed by atoms with Crippen molar-refractivity contribution in [2.45, 2.75) is 65.0 Å². The van der Waals surface area contributed by atoms with E-state index in [-0.39, 0.29) is 0 Å². The third kappa shape index (κ3) is 4.49. The fourth-order valence-corrected chi connectivity index (χ4v) is 4.62. The number of rotatable bonds is 5. The van der Waals surface area contributed by atoms with Crippen molar-refractivity contribution in [1.82, 2.24) is 20.0 Å². The number of aromatic nitrogens is 2. The monoisotopic (exact) mass is 322 g/mol. The Labute approximate surface area is 138 Å². The lowest BCUT2D eigenvalue weighted by molar-refractivity contribution is 0.126. The van der Waals surface area contributed by atoms with Gasteiger partial charge in [-0.3, -0.25) is 4.90 Å². The van der Waals surface area contributed by atoms with Gasteiger partial charge in [-0.25, -0.2) is 0 Å². The summed E-state index contributed by atoms with van der Waals surface area (Å²) in [6.45, 7) is 10.6. The highest BCUT2D eigenvalue weighted by Gasteiger charge is 2.23.